The number of halogens is 1. The number of hydrogen-bond acceptors (Lipinski definition) is 6. The van der Waals surface area contributed by atoms with Gasteiger partial charge in [-0.2, -0.15) is 0 Å². The molecule has 4 rings (SSSR count). The number of anilines is 1. The summed E-state index contributed by atoms with van der Waals surface area (Å²) in [6, 6.07) is 10.2. The highest BCUT2D eigenvalue weighted by Crippen LogP contribution is 2.32. The molecule has 204 valence electrons. The monoisotopic (exact) mass is 526 g/mol. The first kappa shape index (κ1) is 27.5. The quantitative estimate of drug-likeness (QED) is 0.513. The van der Waals surface area contributed by atoms with E-state index in [-0.39, 0.29) is 48.7 Å². The molecule has 2 aliphatic heterocycles. The molecule has 0 aromatic heterocycles. The van der Waals surface area contributed by atoms with Crippen LogP contribution in [0.4, 0.5) is 10.1 Å². The van der Waals surface area contributed by atoms with E-state index in [1.165, 1.54) is 18.2 Å². The van der Waals surface area contributed by atoms with Gasteiger partial charge in [0.1, 0.15) is 24.3 Å². The summed E-state index contributed by atoms with van der Waals surface area (Å²) in [6.07, 6.45) is 1.85. The van der Waals surface area contributed by atoms with Crippen LogP contribution >= 0.6 is 0 Å². The lowest BCUT2D eigenvalue weighted by Crippen LogP contribution is -2.54. The number of likely N-dealkylation sites (N-methyl/N-ethyl adjacent to an activating group) is 1. The number of carbonyl (C=O) groups is 3. The zero-order valence-electron chi connectivity index (χ0n) is 22.0. The first-order chi connectivity index (χ1) is 18.2. The first-order valence-corrected chi connectivity index (χ1v) is 12.9. The molecular weight excluding hydrogens is 491 g/mol. The van der Waals surface area contributed by atoms with Crippen LogP contribution in [-0.4, -0.2) is 86.6 Å². The Morgan fingerprint density at radius 3 is 2.71 bits per heavy atom. The number of benzene rings is 2. The van der Waals surface area contributed by atoms with Gasteiger partial charge in [-0.1, -0.05) is 12.1 Å². The minimum Gasteiger partial charge on any atom is -0.490 e. The van der Waals surface area contributed by atoms with Gasteiger partial charge >= 0.3 is 0 Å². The molecule has 0 unspecified atom stereocenters. The van der Waals surface area contributed by atoms with E-state index in [0.717, 1.165) is 13.0 Å². The van der Waals surface area contributed by atoms with Gasteiger partial charge in [0.15, 0.2) is 0 Å². The maximum absolute atomic E-state index is 14.0. The Morgan fingerprint density at radius 1 is 1.16 bits per heavy atom. The second-order valence-electron chi connectivity index (χ2n) is 10.0. The largest absolute Gasteiger partial charge is 0.490 e. The van der Waals surface area contributed by atoms with Crippen LogP contribution in [0.5, 0.6) is 5.75 Å². The maximum atomic E-state index is 14.0. The van der Waals surface area contributed by atoms with Crippen LogP contribution in [-0.2, 0) is 9.53 Å². The van der Waals surface area contributed by atoms with E-state index < -0.39 is 11.7 Å². The lowest BCUT2D eigenvalue weighted by atomic mass is 9.94. The van der Waals surface area contributed by atoms with Crippen molar-refractivity contribution in [3.63, 3.8) is 0 Å². The molecule has 0 spiro atoms. The molecule has 3 atom stereocenters. The molecule has 2 aromatic rings. The predicted octanol–water partition coefficient (Wildman–Crippen LogP) is 2.92. The van der Waals surface area contributed by atoms with Crippen LogP contribution in [0.1, 0.15) is 46.4 Å². The molecule has 0 aliphatic carbocycles. The molecule has 1 fully saturated rings. The van der Waals surface area contributed by atoms with Crippen molar-refractivity contribution in [3.8, 4) is 5.75 Å². The number of nitrogens with zero attached hydrogens (tertiary/aromatic N) is 2. The Hall–Kier alpha value is -3.50. The number of hydrogen-bond donors (Lipinski definition) is 2. The van der Waals surface area contributed by atoms with E-state index in [9.17, 15) is 18.8 Å². The highest BCUT2D eigenvalue weighted by atomic mass is 19.1. The molecule has 38 heavy (non-hydrogen) atoms. The fourth-order valence-corrected chi connectivity index (χ4v) is 4.85. The Balaban J connectivity index is 1.39. The second-order valence-corrected chi connectivity index (χ2v) is 10.0. The Labute approximate surface area is 222 Å². The number of nitrogens with one attached hydrogen (secondary N) is 2. The van der Waals surface area contributed by atoms with Gasteiger partial charge in [0.05, 0.1) is 29.7 Å². The van der Waals surface area contributed by atoms with Crippen LogP contribution in [0.25, 0.3) is 0 Å². The van der Waals surface area contributed by atoms with Crippen molar-refractivity contribution in [2.75, 3.05) is 46.2 Å². The normalized spacial score (nSPS) is 21.0. The van der Waals surface area contributed by atoms with Gasteiger partial charge in [-0.3, -0.25) is 14.4 Å². The smallest absolute Gasteiger partial charge is 0.258 e. The van der Waals surface area contributed by atoms with Gasteiger partial charge in [-0.15, -0.1) is 0 Å². The van der Waals surface area contributed by atoms with Crippen molar-refractivity contribution in [2.24, 2.45) is 0 Å². The number of amides is 3. The molecule has 10 heteroatoms. The summed E-state index contributed by atoms with van der Waals surface area (Å²) < 4.78 is 26.2. The predicted molar refractivity (Wildman–Crippen MR) is 141 cm³/mol. The molecule has 1 saturated heterocycles. The van der Waals surface area contributed by atoms with Gasteiger partial charge in [0.2, 0.25) is 5.91 Å². The zero-order chi connectivity index (χ0) is 27.2. The summed E-state index contributed by atoms with van der Waals surface area (Å²) in [5, 5.41) is 5.60. The second kappa shape index (κ2) is 12.4. The van der Waals surface area contributed by atoms with E-state index in [1.807, 2.05) is 14.1 Å². The van der Waals surface area contributed by atoms with Crippen LogP contribution in [0, 0.1) is 5.82 Å². The van der Waals surface area contributed by atoms with Crippen molar-refractivity contribution >= 4 is 23.4 Å². The Bertz CT molecular complexity index is 1170. The summed E-state index contributed by atoms with van der Waals surface area (Å²) in [6.45, 7) is 1.75. The van der Waals surface area contributed by atoms with Gasteiger partial charge < -0.3 is 29.9 Å². The fourth-order valence-electron chi connectivity index (χ4n) is 4.85. The summed E-state index contributed by atoms with van der Waals surface area (Å²) in [5.74, 6) is -1.17. The molecular formula is C28H35FN4O5. The number of rotatable bonds is 8. The van der Waals surface area contributed by atoms with Gasteiger partial charge in [-0.05, 0) is 70.2 Å². The minimum absolute atomic E-state index is 0.0429. The molecule has 2 aromatic carbocycles. The van der Waals surface area contributed by atoms with Crippen molar-refractivity contribution in [1.29, 1.82) is 0 Å². The Morgan fingerprint density at radius 2 is 1.95 bits per heavy atom. The first-order valence-electron chi connectivity index (χ1n) is 12.9. The standard InChI is InChI=1S/C28H35FN4O5/c1-32(2)14-6-13-30-26(34)16-19-10-11-23-25(38-19)17-37-24-12-9-18(15-21(24)28(36)33(23)3)31-27(35)20-7-4-5-8-22(20)29/h4-5,7-9,12,15,19,23,25H,6,10-11,13-14,16-17H2,1-3H3,(H,30,34)(H,31,35)/t19-,23-,25+/m0/s1. The van der Waals surface area contributed by atoms with Crippen LogP contribution < -0.4 is 15.4 Å². The van der Waals surface area contributed by atoms with Gasteiger partial charge in [-0.25, -0.2) is 4.39 Å². The van der Waals surface area contributed by atoms with Gasteiger partial charge in [0, 0.05) is 19.3 Å². The molecule has 2 N–H and O–H groups in total. The molecule has 0 radical (unpaired) electrons. The summed E-state index contributed by atoms with van der Waals surface area (Å²) in [4.78, 5) is 42.1. The highest BCUT2D eigenvalue weighted by Gasteiger charge is 2.39. The Kier molecular flexibility index (Phi) is 8.96. The molecule has 3 amide bonds. The SMILES string of the molecule is CN(C)CCCNC(=O)C[C@@H]1CC[C@H]2[C@@H](COc3ccc(NC(=O)c4ccccc4F)cc3C(=O)N2C)O1. The van der Waals surface area contributed by atoms with Crippen LogP contribution in [0.15, 0.2) is 42.5 Å². The van der Waals surface area contributed by atoms with Crippen molar-refractivity contribution < 1.29 is 28.2 Å². The topological polar surface area (TPSA) is 100 Å². The number of carbonyl (C=O) groups excluding carboxylic acids is 3. The molecule has 2 heterocycles. The minimum atomic E-state index is -0.626. The zero-order valence-corrected chi connectivity index (χ0v) is 22.0. The third kappa shape index (κ3) is 6.68. The average molecular weight is 527 g/mol. The van der Waals surface area contributed by atoms with E-state index in [1.54, 1.807) is 36.2 Å². The summed E-state index contributed by atoms with van der Waals surface area (Å²) >= 11 is 0. The number of fused-ring (bicyclic) bond motifs is 2. The maximum Gasteiger partial charge on any atom is 0.258 e. The number of ether oxygens (including phenoxy) is 2. The van der Waals surface area contributed by atoms with E-state index in [4.69, 9.17) is 9.47 Å². The van der Waals surface area contributed by atoms with E-state index >= 15 is 0 Å². The lowest BCUT2D eigenvalue weighted by Gasteiger charge is -2.42. The third-order valence-electron chi connectivity index (χ3n) is 6.91. The summed E-state index contributed by atoms with van der Waals surface area (Å²) in [7, 11) is 5.72. The van der Waals surface area contributed by atoms with Crippen LogP contribution in [0.3, 0.4) is 0 Å². The molecule has 2 aliphatic rings. The molecule has 0 saturated carbocycles. The highest BCUT2D eigenvalue weighted by molar-refractivity contribution is 6.05. The van der Waals surface area contributed by atoms with Crippen molar-refractivity contribution in [3.05, 3.63) is 59.4 Å². The molecule has 0 bridgehead atoms. The van der Waals surface area contributed by atoms with Gasteiger partial charge in [0.25, 0.3) is 11.8 Å². The van der Waals surface area contributed by atoms with Crippen molar-refractivity contribution in [2.45, 2.75) is 43.9 Å². The van der Waals surface area contributed by atoms with E-state index in [2.05, 4.69) is 15.5 Å². The lowest BCUT2D eigenvalue weighted by molar-refractivity contribution is -0.134. The van der Waals surface area contributed by atoms with Crippen LogP contribution in [0.2, 0.25) is 0 Å². The molecule has 9 nitrogen and oxygen atoms in total. The van der Waals surface area contributed by atoms with E-state index in [0.29, 0.717) is 36.4 Å². The average Bonchev–Trinajstić information content (AvgIpc) is 2.89. The van der Waals surface area contributed by atoms with Crippen molar-refractivity contribution in [1.82, 2.24) is 15.1 Å². The summed E-state index contributed by atoms with van der Waals surface area (Å²) in [5.41, 5.74) is 0.575. The third-order valence-corrected chi connectivity index (χ3v) is 6.91. The fraction of sp³-hybridized carbons (Fsp3) is 0.464.